The molecule has 3 aromatic heterocycles. The Morgan fingerprint density at radius 3 is 2.60 bits per heavy atom. The number of ether oxygens (including phenoxy) is 1. The summed E-state index contributed by atoms with van der Waals surface area (Å²) in [6.45, 7) is 2.05. The van der Waals surface area contributed by atoms with Crippen LogP contribution in [0.5, 0.6) is 5.75 Å². The van der Waals surface area contributed by atoms with Crippen LogP contribution in [0.4, 0.5) is 5.82 Å². The Kier molecular flexibility index (Phi) is 4.63. The average Bonchev–Trinajstić information content (AvgIpc) is 3.38. The Morgan fingerprint density at radius 1 is 1.10 bits per heavy atom. The molecule has 154 valence electrons. The molecule has 4 heterocycles. The Hall–Kier alpha value is -3.39. The lowest BCUT2D eigenvalue weighted by Gasteiger charge is -2.22. The van der Waals surface area contributed by atoms with Gasteiger partial charge in [0.25, 0.3) is 0 Å². The maximum atomic E-state index is 6.32. The molecule has 0 saturated carbocycles. The number of nitrogens with one attached hydrogen (secondary N) is 1. The lowest BCUT2D eigenvalue weighted by Crippen LogP contribution is -2.29. The van der Waals surface area contributed by atoms with Crippen molar-refractivity contribution in [2.75, 3.05) is 25.9 Å². The zero-order chi connectivity index (χ0) is 20.7. The van der Waals surface area contributed by atoms with Gasteiger partial charge in [0.1, 0.15) is 23.5 Å². The molecular weight excluding hydrogens is 378 g/mol. The Bertz CT molecular complexity index is 1190. The molecule has 0 amide bonds. The monoisotopic (exact) mass is 403 g/mol. The largest absolute Gasteiger partial charge is 0.497 e. The second-order valence-electron chi connectivity index (χ2n) is 7.66. The maximum Gasteiger partial charge on any atom is 0.146 e. The maximum absolute atomic E-state index is 6.32. The lowest BCUT2D eigenvalue weighted by molar-refractivity contribution is 0.343. The van der Waals surface area contributed by atoms with Crippen LogP contribution >= 0.6 is 0 Å². The van der Waals surface area contributed by atoms with Crippen LogP contribution in [0.2, 0.25) is 0 Å². The number of fused-ring (bicyclic) bond motifs is 1. The number of aromatic nitrogens is 5. The number of benzene rings is 1. The van der Waals surface area contributed by atoms with Crippen LogP contribution in [0, 0.1) is 0 Å². The van der Waals surface area contributed by atoms with Gasteiger partial charge in [0.15, 0.2) is 0 Å². The molecule has 1 saturated heterocycles. The van der Waals surface area contributed by atoms with E-state index in [-0.39, 0.29) is 0 Å². The SMILES string of the molecule is COc1ccc(-c2c(-c3cnn(C4CCNCC4)c3)n(C)c3ncnc(N)c23)cc1. The summed E-state index contributed by atoms with van der Waals surface area (Å²) in [6, 6.07) is 8.41. The molecule has 0 radical (unpaired) electrons. The van der Waals surface area contributed by atoms with Crippen LogP contribution in [0.1, 0.15) is 18.9 Å². The fourth-order valence-corrected chi connectivity index (χ4v) is 4.38. The molecule has 1 fully saturated rings. The second-order valence-corrected chi connectivity index (χ2v) is 7.66. The van der Waals surface area contributed by atoms with Gasteiger partial charge < -0.3 is 20.4 Å². The Morgan fingerprint density at radius 2 is 1.87 bits per heavy atom. The summed E-state index contributed by atoms with van der Waals surface area (Å²) in [4.78, 5) is 8.77. The van der Waals surface area contributed by atoms with Gasteiger partial charge in [0.2, 0.25) is 0 Å². The summed E-state index contributed by atoms with van der Waals surface area (Å²) >= 11 is 0. The predicted molar refractivity (Wildman–Crippen MR) is 117 cm³/mol. The fourth-order valence-electron chi connectivity index (χ4n) is 4.38. The van der Waals surface area contributed by atoms with E-state index >= 15 is 0 Å². The number of hydrogen-bond donors (Lipinski definition) is 2. The molecule has 8 heteroatoms. The number of methoxy groups -OCH3 is 1. The van der Waals surface area contributed by atoms with Crippen LogP contribution in [0.25, 0.3) is 33.4 Å². The van der Waals surface area contributed by atoms with E-state index in [9.17, 15) is 0 Å². The molecule has 30 heavy (non-hydrogen) atoms. The second kappa shape index (κ2) is 7.46. The number of nitrogens with two attached hydrogens (primary N) is 1. The molecule has 0 spiro atoms. The first-order chi connectivity index (χ1) is 14.7. The molecule has 3 N–H and O–H groups in total. The zero-order valence-corrected chi connectivity index (χ0v) is 17.2. The van der Waals surface area contributed by atoms with Crippen molar-refractivity contribution < 1.29 is 4.74 Å². The van der Waals surface area contributed by atoms with E-state index in [0.29, 0.717) is 11.9 Å². The Balaban J connectivity index is 1.70. The Labute approximate surface area is 174 Å². The van der Waals surface area contributed by atoms with Crippen LogP contribution in [0.3, 0.4) is 0 Å². The van der Waals surface area contributed by atoms with E-state index in [4.69, 9.17) is 15.6 Å². The van der Waals surface area contributed by atoms with Crippen molar-refractivity contribution in [1.29, 1.82) is 0 Å². The minimum Gasteiger partial charge on any atom is -0.497 e. The van der Waals surface area contributed by atoms with E-state index < -0.39 is 0 Å². The standard InChI is InChI=1S/C22H25N7O/c1-28-20(15-11-27-29(12-15)16-7-9-24-10-8-16)18(14-3-5-17(30-2)6-4-14)19-21(23)25-13-26-22(19)28/h3-6,11-13,16,24H,7-10H2,1-2H3,(H2,23,25,26). The quantitative estimate of drug-likeness (QED) is 0.544. The summed E-state index contributed by atoms with van der Waals surface area (Å²) in [6.07, 6.45) is 7.76. The van der Waals surface area contributed by atoms with E-state index in [1.54, 1.807) is 7.11 Å². The number of aryl methyl sites for hydroxylation is 1. The summed E-state index contributed by atoms with van der Waals surface area (Å²) in [5.74, 6) is 1.28. The molecule has 1 aliphatic heterocycles. The smallest absolute Gasteiger partial charge is 0.146 e. The third kappa shape index (κ3) is 3.00. The predicted octanol–water partition coefficient (Wildman–Crippen LogP) is 3.01. The van der Waals surface area contributed by atoms with Gasteiger partial charge in [-0.3, -0.25) is 4.68 Å². The van der Waals surface area contributed by atoms with Crippen molar-refractivity contribution in [2.45, 2.75) is 18.9 Å². The first-order valence-electron chi connectivity index (χ1n) is 10.2. The zero-order valence-electron chi connectivity index (χ0n) is 17.2. The van der Waals surface area contributed by atoms with E-state index in [0.717, 1.165) is 65.1 Å². The number of rotatable bonds is 4. The number of nitrogens with zero attached hydrogens (tertiary/aromatic N) is 5. The topological polar surface area (TPSA) is 95.8 Å². The van der Waals surface area contributed by atoms with Crippen molar-refractivity contribution in [3.63, 3.8) is 0 Å². The van der Waals surface area contributed by atoms with E-state index in [1.165, 1.54) is 6.33 Å². The van der Waals surface area contributed by atoms with Gasteiger partial charge in [0.05, 0.1) is 30.4 Å². The molecule has 0 unspecified atom stereocenters. The minimum absolute atomic E-state index is 0.420. The van der Waals surface area contributed by atoms with Gasteiger partial charge in [-0.25, -0.2) is 9.97 Å². The third-order valence-corrected chi connectivity index (χ3v) is 5.93. The lowest BCUT2D eigenvalue weighted by atomic mass is 10.00. The molecule has 5 rings (SSSR count). The van der Waals surface area contributed by atoms with Crippen molar-refractivity contribution in [3.05, 3.63) is 43.0 Å². The summed E-state index contributed by atoms with van der Waals surface area (Å²) < 4.78 is 9.51. The highest BCUT2D eigenvalue weighted by atomic mass is 16.5. The molecule has 1 aliphatic rings. The van der Waals surface area contributed by atoms with Gasteiger partial charge in [0, 0.05) is 24.4 Å². The number of hydrogen-bond acceptors (Lipinski definition) is 6. The molecule has 0 bridgehead atoms. The van der Waals surface area contributed by atoms with Crippen LogP contribution < -0.4 is 15.8 Å². The van der Waals surface area contributed by atoms with Crippen molar-refractivity contribution in [2.24, 2.45) is 7.05 Å². The van der Waals surface area contributed by atoms with Gasteiger partial charge in [-0.1, -0.05) is 12.1 Å². The molecule has 8 nitrogen and oxygen atoms in total. The highest BCUT2D eigenvalue weighted by Gasteiger charge is 2.24. The number of piperidine rings is 1. The number of anilines is 1. The molecule has 1 aromatic carbocycles. The summed E-state index contributed by atoms with van der Waals surface area (Å²) in [7, 11) is 3.68. The minimum atomic E-state index is 0.420. The average molecular weight is 403 g/mol. The molecule has 0 atom stereocenters. The highest BCUT2D eigenvalue weighted by molar-refractivity contribution is 6.07. The van der Waals surface area contributed by atoms with Crippen LogP contribution in [0.15, 0.2) is 43.0 Å². The van der Waals surface area contributed by atoms with Crippen molar-refractivity contribution >= 4 is 16.9 Å². The van der Waals surface area contributed by atoms with Crippen molar-refractivity contribution in [3.8, 4) is 28.1 Å². The summed E-state index contributed by atoms with van der Waals surface area (Å²) in [5.41, 5.74) is 11.2. The van der Waals surface area contributed by atoms with Gasteiger partial charge >= 0.3 is 0 Å². The highest BCUT2D eigenvalue weighted by Crippen LogP contribution is 2.42. The first-order valence-corrected chi connectivity index (χ1v) is 10.2. The van der Waals surface area contributed by atoms with E-state index in [1.807, 2.05) is 37.5 Å². The molecule has 0 aliphatic carbocycles. The van der Waals surface area contributed by atoms with Crippen LogP contribution in [-0.4, -0.2) is 44.5 Å². The first kappa shape index (κ1) is 18.6. The van der Waals surface area contributed by atoms with E-state index in [2.05, 4.69) is 30.7 Å². The molecular formula is C22H25N7O. The molecule has 4 aromatic rings. The van der Waals surface area contributed by atoms with Crippen molar-refractivity contribution in [1.82, 2.24) is 29.6 Å². The van der Waals surface area contributed by atoms with Gasteiger partial charge in [-0.15, -0.1) is 0 Å². The van der Waals surface area contributed by atoms with Gasteiger partial charge in [-0.05, 0) is 43.6 Å². The fraction of sp³-hybridized carbons (Fsp3) is 0.318. The van der Waals surface area contributed by atoms with Crippen LogP contribution in [-0.2, 0) is 7.05 Å². The number of nitrogen functional groups attached to an aromatic ring is 1. The summed E-state index contributed by atoms with van der Waals surface area (Å²) in [5, 5.41) is 8.97. The third-order valence-electron chi connectivity index (χ3n) is 5.93. The normalized spacial score (nSPS) is 15.0. The van der Waals surface area contributed by atoms with Gasteiger partial charge in [-0.2, -0.15) is 5.10 Å².